The molecule has 0 bridgehead atoms. The number of nitrogens with one attached hydrogen (secondary N) is 1. The van der Waals surface area contributed by atoms with Crippen LogP contribution >= 0.6 is 0 Å². The third-order valence-corrected chi connectivity index (χ3v) is 4.16. The molecule has 7 heteroatoms. The van der Waals surface area contributed by atoms with Gasteiger partial charge < -0.3 is 19.5 Å². The number of urea groups is 1. The molecule has 1 saturated heterocycles. The van der Waals surface area contributed by atoms with E-state index in [1.54, 1.807) is 12.0 Å². The first-order valence-electron chi connectivity index (χ1n) is 8.05. The number of rotatable bonds is 5. The van der Waals surface area contributed by atoms with Gasteiger partial charge in [0.15, 0.2) is 5.82 Å². The molecule has 3 rings (SSSR count). The van der Waals surface area contributed by atoms with Crippen LogP contribution in [-0.2, 0) is 17.9 Å². The van der Waals surface area contributed by atoms with E-state index in [1.165, 1.54) is 5.56 Å². The lowest BCUT2D eigenvalue weighted by Gasteiger charge is -2.17. The van der Waals surface area contributed by atoms with Crippen molar-refractivity contribution >= 4 is 6.03 Å². The first-order chi connectivity index (χ1) is 11.7. The Bertz CT molecular complexity index is 683. The molecule has 128 valence electrons. The highest BCUT2D eigenvalue weighted by atomic mass is 16.5. The predicted octanol–water partition coefficient (Wildman–Crippen LogP) is 2.22. The topological polar surface area (TPSA) is 80.5 Å². The Morgan fingerprint density at radius 2 is 2.21 bits per heavy atom. The van der Waals surface area contributed by atoms with Gasteiger partial charge in [0.2, 0.25) is 0 Å². The maximum absolute atomic E-state index is 12.3. The summed E-state index contributed by atoms with van der Waals surface area (Å²) in [7, 11) is 1.58. The molecule has 0 spiro atoms. The fourth-order valence-corrected chi connectivity index (χ4v) is 2.77. The van der Waals surface area contributed by atoms with Crippen LogP contribution in [0.15, 0.2) is 28.8 Å². The average molecular weight is 330 g/mol. The molecule has 1 aromatic carbocycles. The first-order valence-corrected chi connectivity index (χ1v) is 8.05. The number of benzene rings is 1. The molecule has 0 radical (unpaired) electrons. The molecule has 1 aliphatic heterocycles. The summed E-state index contributed by atoms with van der Waals surface area (Å²) in [6, 6.07) is 8.08. The molecule has 2 heterocycles. The molecule has 0 aliphatic carbocycles. The minimum absolute atomic E-state index is 0.0568. The molecule has 0 saturated carbocycles. The van der Waals surface area contributed by atoms with Gasteiger partial charge in [-0.05, 0) is 18.9 Å². The van der Waals surface area contributed by atoms with Crippen molar-refractivity contribution in [2.45, 2.75) is 32.4 Å². The zero-order valence-electron chi connectivity index (χ0n) is 14.0. The monoisotopic (exact) mass is 330 g/mol. The van der Waals surface area contributed by atoms with Gasteiger partial charge in [-0.2, -0.15) is 4.98 Å². The minimum Gasteiger partial charge on any atom is -0.375 e. The van der Waals surface area contributed by atoms with Gasteiger partial charge in [0.1, 0.15) is 6.61 Å². The van der Waals surface area contributed by atoms with Gasteiger partial charge in [0.25, 0.3) is 5.89 Å². The van der Waals surface area contributed by atoms with Crippen molar-refractivity contribution in [2.24, 2.45) is 0 Å². The van der Waals surface area contributed by atoms with Crippen LogP contribution in [0.4, 0.5) is 4.79 Å². The van der Waals surface area contributed by atoms with Crippen molar-refractivity contribution in [3.05, 3.63) is 47.1 Å². The highest BCUT2D eigenvalue weighted by molar-refractivity contribution is 5.74. The van der Waals surface area contributed by atoms with E-state index in [0.29, 0.717) is 38.0 Å². The quantitative estimate of drug-likeness (QED) is 0.909. The van der Waals surface area contributed by atoms with Crippen LogP contribution in [-0.4, -0.2) is 41.3 Å². The molecular weight excluding hydrogens is 308 g/mol. The first kappa shape index (κ1) is 16.4. The molecular formula is C17H22N4O3. The summed E-state index contributed by atoms with van der Waals surface area (Å²) < 4.78 is 10.1. The fourth-order valence-electron chi connectivity index (χ4n) is 2.77. The second-order valence-corrected chi connectivity index (χ2v) is 6.06. The number of amides is 2. The lowest BCUT2D eigenvalue weighted by molar-refractivity contribution is 0.151. The van der Waals surface area contributed by atoms with Gasteiger partial charge in [-0.1, -0.05) is 35.0 Å². The SMILES string of the molecule is COCc1nc(C2CCN(C(=O)NCc3ccc(C)cc3)C2)no1. The van der Waals surface area contributed by atoms with Gasteiger partial charge in [0.05, 0.1) is 0 Å². The van der Waals surface area contributed by atoms with E-state index in [9.17, 15) is 4.79 Å². The largest absolute Gasteiger partial charge is 0.375 e. The molecule has 24 heavy (non-hydrogen) atoms. The third kappa shape index (κ3) is 3.91. The smallest absolute Gasteiger partial charge is 0.317 e. The molecule has 7 nitrogen and oxygen atoms in total. The van der Waals surface area contributed by atoms with Gasteiger partial charge in [0, 0.05) is 32.7 Å². The van der Waals surface area contributed by atoms with Crippen molar-refractivity contribution in [1.29, 1.82) is 0 Å². The van der Waals surface area contributed by atoms with Crippen LogP contribution in [0.25, 0.3) is 0 Å². The highest BCUT2D eigenvalue weighted by Crippen LogP contribution is 2.25. The molecule has 1 N–H and O–H groups in total. The van der Waals surface area contributed by atoms with Crippen LogP contribution in [0.3, 0.4) is 0 Å². The van der Waals surface area contributed by atoms with Crippen molar-refractivity contribution in [3.63, 3.8) is 0 Å². The van der Waals surface area contributed by atoms with Crippen LogP contribution < -0.4 is 5.32 Å². The molecule has 1 aromatic heterocycles. The minimum atomic E-state index is -0.0568. The summed E-state index contributed by atoms with van der Waals surface area (Å²) in [5.74, 6) is 1.23. The summed E-state index contributed by atoms with van der Waals surface area (Å²) >= 11 is 0. The zero-order valence-corrected chi connectivity index (χ0v) is 14.0. The van der Waals surface area contributed by atoms with Crippen molar-refractivity contribution < 1.29 is 14.1 Å². The van der Waals surface area contributed by atoms with E-state index in [1.807, 2.05) is 31.2 Å². The fraction of sp³-hybridized carbons (Fsp3) is 0.471. The van der Waals surface area contributed by atoms with Crippen LogP contribution in [0.2, 0.25) is 0 Å². The lowest BCUT2D eigenvalue weighted by Crippen LogP contribution is -2.38. The van der Waals surface area contributed by atoms with Crippen molar-refractivity contribution in [1.82, 2.24) is 20.4 Å². The van der Waals surface area contributed by atoms with Crippen molar-refractivity contribution in [2.75, 3.05) is 20.2 Å². The Hall–Kier alpha value is -2.41. The normalized spacial score (nSPS) is 17.2. The number of aryl methyl sites for hydroxylation is 1. The number of hydrogen-bond acceptors (Lipinski definition) is 5. The Morgan fingerprint density at radius 1 is 1.42 bits per heavy atom. The molecule has 1 atom stereocenters. The summed E-state index contributed by atoms with van der Waals surface area (Å²) in [5, 5.41) is 6.95. The third-order valence-electron chi connectivity index (χ3n) is 4.16. The standard InChI is InChI=1S/C17H22N4O3/c1-12-3-5-13(6-4-12)9-18-17(22)21-8-7-14(10-21)16-19-15(11-23-2)24-20-16/h3-6,14H,7-11H2,1-2H3,(H,18,22). The number of carbonyl (C=O) groups is 1. The van der Waals surface area contributed by atoms with E-state index in [-0.39, 0.29) is 11.9 Å². The number of hydrogen-bond donors (Lipinski definition) is 1. The highest BCUT2D eigenvalue weighted by Gasteiger charge is 2.30. The predicted molar refractivity (Wildman–Crippen MR) is 87.4 cm³/mol. The molecule has 1 fully saturated rings. The summed E-state index contributed by atoms with van der Waals surface area (Å²) in [5.41, 5.74) is 2.30. The molecule has 2 aromatic rings. The summed E-state index contributed by atoms with van der Waals surface area (Å²) in [6.45, 7) is 4.17. The number of methoxy groups -OCH3 is 1. The number of nitrogens with zero attached hydrogens (tertiary/aromatic N) is 3. The maximum atomic E-state index is 12.3. The van der Waals surface area contributed by atoms with Crippen LogP contribution in [0.1, 0.15) is 35.2 Å². The Labute approximate surface area is 141 Å². The van der Waals surface area contributed by atoms with E-state index in [4.69, 9.17) is 9.26 Å². The maximum Gasteiger partial charge on any atom is 0.317 e. The van der Waals surface area contributed by atoms with Gasteiger partial charge in [-0.3, -0.25) is 0 Å². The van der Waals surface area contributed by atoms with Gasteiger partial charge in [-0.25, -0.2) is 4.79 Å². The van der Waals surface area contributed by atoms with E-state index in [2.05, 4.69) is 15.5 Å². The van der Waals surface area contributed by atoms with E-state index >= 15 is 0 Å². The number of aromatic nitrogens is 2. The van der Waals surface area contributed by atoms with Crippen LogP contribution in [0.5, 0.6) is 0 Å². The van der Waals surface area contributed by atoms with Gasteiger partial charge >= 0.3 is 6.03 Å². The van der Waals surface area contributed by atoms with E-state index in [0.717, 1.165) is 12.0 Å². The van der Waals surface area contributed by atoms with E-state index < -0.39 is 0 Å². The number of likely N-dealkylation sites (tertiary alicyclic amines) is 1. The molecule has 1 aliphatic rings. The zero-order chi connectivity index (χ0) is 16.9. The second kappa shape index (κ2) is 7.44. The number of ether oxygens (including phenoxy) is 1. The Kier molecular flexibility index (Phi) is 5.10. The Balaban J connectivity index is 1.50. The summed E-state index contributed by atoms with van der Waals surface area (Å²) in [6.07, 6.45) is 0.837. The molecule has 1 unspecified atom stereocenters. The summed E-state index contributed by atoms with van der Waals surface area (Å²) in [4.78, 5) is 18.4. The second-order valence-electron chi connectivity index (χ2n) is 6.06. The lowest BCUT2D eigenvalue weighted by atomic mass is 10.1. The van der Waals surface area contributed by atoms with Gasteiger partial charge in [-0.15, -0.1) is 0 Å². The van der Waals surface area contributed by atoms with Crippen LogP contribution in [0, 0.1) is 6.92 Å². The molecule has 2 amide bonds. The van der Waals surface area contributed by atoms with Crippen molar-refractivity contribution in [3.8, 4) is 0 Å². The Morgan fingerprint density at radius 3 is 2.96 bits per heavy atom. The average Bonchev–Trinajstić information content (AvgIpc) is 3.23. The number of carbonyl (C=O) groups excluding carboxylic acids is 1.